The molecular formula is C7H8BrNaO4S. The summed E-state index contributed by atoms with van der Waals surface area (Å²) < 4.78 is 34.0. The molecule has 0 aliphatic rings. The second kappa shape index (κ2) is 6.95. The summed E-state index contributed by atoms with van der Waals surface area (Å²) in [6.45, 7) is 0. The summed E-state index contributed by atoms with van der Waals surface area (Å²) in [5.41, 5.74) is 1.45. The summed E-state index contributed by atoms with van der Waals surface area (Å²) in [6, 6.07) is 8.51. The van der Waals surface area contributed by atoms with Crippen LogP contribution >= 0.6 is 15.9 Å². The van der Waals surface area contributed by atoms with Crippen LogP contribution < -0.4 is 0 Å². The zero-order chi connectivity index (χ0) is 11.2. The van der Waals surface area contributed by atoms with E-state index in [1.54, 1.807) is 0 Å². The first-order valence-corrected chi connectivity index (χ1v) is 7.37. The normalized spacial score (nSPS) is 10.4. The van der Waals surface area contributed by atoms with E-state index in [9.17, 15) is 0 Å². The minimum absolute atomic E-state index is 1.17. The molecule has 0 saturated heterocycles. The summed E-state index contributed by atoms with van der Waals surface area (Å²) in [5, 5.41) is 0. The van der Waals surface area contributed by atoms with Crippen LogP contribution in [0.2, 0.25) is 0 Å². The van der Waals surface area contributed by atoms with E-state index in [4.69, 9.17) is 17.5 Å². The van der Waals surface area contributed by atoms with Gasteiger partial charge in [-0.1, -0.05) is 0 Å². The van der Waals surface area contributed by atoms with Crippen LogP contribution in [0.5, 0.6) is 0 Å². The van der Waals surface area contributed by atoms with E-state index in [1.807, 2.05) is 0 Å². The molecule has 0 amide bonds. The van der Waals surface area contributed by atoms with Crippen molar-refractivity contribution in [2.24, 2.45) is 0 Å². The van der Waals surface area contributed by atoms with Crippen LogP contribution in [-0.4, -0.2) is 45.5 Å². The molecule has 0 aromatic heterocycles. The first-order valence-electron chi connectivity index (χ1n) is 3.77. The molecule has 2 N–H and O–H groups in total. The van der Waals surface area contributed by atoms with Gasteiger partial charge in [0.05, 0.1) is 0 Å². The van der Waals surface area contributed by atoms with Crippen molar-refractivity contribution >= 4 is 54.3 Å². The molecule has 1 aromatic rings. The predicted molar refractivity (Wildman–Crippen MR) is 57.8 cm³/mol. The second-order valence-corrected chi connectivity index (χ2v) is 4.95. The third-order valence-corrected chi connectivity index (χ3v) is 2.67. The van der Waals surface area contributed by atoms with Gasteiger partial charge in [0.1, 0.15) is 0 Å². The molecular weight excluding hydrogens is 283 g/mol. The Morgan fingerprint density at radius 1 is 1.21 bits per heavy atom. The van der Waals surface area contributed by atoms with Gasteiger partial charge in [0.2, 0.25) is 0 Å². The number of rotatable bonds is 1. The van der Waals surface area contributed by atoms with E-state index in [0.717, 1.165) is 0 Å². The first-order chi connectivity index (χ1) is 6.33. The molecule has 0 bridgehead atoms. The molecule has 0 aliphatic carbocycles. The van der Waals surface area contributed by atoms with E-state index < -0.39 is 10.4 Å². The molecule has 0 fully saturated rings. The van der Waals surface area contributed by atoms with Crippen LogP contribution in [0.1, 0.15) is 5.56 Å². The molecule has 0 heterocycles. The quantitative estimate of drug-likeness (QED) is 0.607. The van der Waals surface area contributed by atoms with Crippen molar-refractivity contribution in [1.29, 1.82) is 0 Å². The number of benzene rings is 1. The van der Waals surface area contributed by atoms with Crippen LogP contribution in [0.4, 0.5) is 0 Å². The van der Waals surface area contributed by atoms with Crippen molar-refractivity contribution in [3.63, 3.8) is 0 Å². The molecule has 74 valence electrons. The maximum atomic E-state index is 8.74. The summed E-state index contributed by atoms with van der Waals surface area (Å²) in [5.74, 6) is 0. The van der Waals surface area contributed by atoms with Crippen molar-refractivity contribution in [3.8, 4) is 0 Å². The van der Waals surface area contributed by atoms with Crippen LogP contribution in [0.15, 0.2) is 28.7 Å². The van der Waals surface area contributed by atoms with Crippen LogP contribution in [0.25, 0.3) is 0 Å². The van der Waals surface area contributed by atoms with E-state index in [0.29, 0.717) is 0 Å². The molecule has 0 radical (unpaired) electrons. The fraction of sp³-hybridized carbons (Fsp3) is 0.143. The van der Waals surface area contributed by atoms with Crippen LogP contribution in [0.3, 0.4) is 0 Å². The Balaban J connectivity index is 0.000000292. The van der Waals surface area contributed by atoms with Gasteiger partial charge >= 0.3 is 92.2 Å². The van der Waals surface area contributed by atoms with Gasteiger partial charge in [0, 0.05) is 0 Å². The van der Waals surface area contributed by atoms with Crippen molar-refractivity contribution in [2.45, 2.75) is 3.67 Å². The summed E-state index contributed by atoms with van der Waals surface area (Å²) in [7, 11) is -4.67. The van der Waals surface area contributed by atoms with Crippen LogP contribution in [-0.2, 0) is 14.1 Å². The Kier molecular flexibility index (Phi) is 7.23. The van der Waals surface area contributed by atoms with Crippen molar-refractivity contribution in [2.75, 3.05) is 0 Å². The zero-order valence-electron chi connectivity index (χ0n) is 7.51. The Bertz CT molecular complexity index is 354. The molecule has 4 nitrogen and oxygen atoms in total. The van der Waals surface area contributed by atoms with Gasteiger partial charge in [-0.05, 0) is 0 Å². The van der Waals surface area contributed by atoms with E-state index in [1.165, 1.54) is 41.6 Å². The molecule has 7 heteroatoms. The monoisotopic (exact) mass is 290 g/mol. The Hall–Kier alpha value is 0.570. The van der Waals surface area contributed by atoms with Gasteiger partial charge in [0.25, 0.3) is 0 Å². The van der Waals surface area contributed by atoms with Gasteiger partial charge in [-0.15, -0.1) is 0 Å². The number of hydrogen-bond donors (Lipinski definition) is 2. The molecule has 0 aliphatic heterocycles. The third-order valence-electron chi connectivity index (χ3n) is 1.32. The summed E-state index contributed by atoms with van der Waals surface area (Å²) in [4.78, 5) is 0. The Morgan fingerprint density at radius 3 is 1.86 bits per heavy atom. The SMILES string of the molecule is O=S(=O)(O)O.[Na][CH2]c1ccc(Br)cc1. The van der Waals surface area contributed by atoms with E-state index in [2.05, 4.69) is 40.2 Å². The van der Waals surface area contributed by atoms with Crippen LogP contribution in [0, 0.1) is 0 Å². The molecule has 14 heavy (non-hydrogen) atoms. The molecule has 1 aromatic carbocycles. The zero-order valence-corrected chi connectivity index (χ0v) is 11.9. The van der Waals surface area contributed by atoms with Gasteiger partial charge in [-0.2, -0.15) is 8.42 Å². The fourth-order valence-electron chi connectivity index (χ4n) is 0.720. The van der Waals surface area contributed by atoms with Gasteiger partial charge in [0.15, 0.2) is 0 Å². The Labute approximate surface area is 109 Å². The Morgan fingerprint density at radius 2 is 1.57 bits per heavy atom. The average molecular weight is 291 g/mol. The molecule has 0 unspecified atom stereocenters. The van der Waals surface area contributed by atoms with E-state index >= 15 is 0 Å². The van der Waals surface area contributed by atoms with Crippen molar-refractivity contribution in [1.82, 2.24) is 0 Å². The standard InChI is InChI=1S/C7H6Br.Na.H2O4S/c1-6-2-4-7(8)5-3-6;;1-5(2,3)4/h2-5H,1H2;;(H2,1,2,3,4). The summed E-state index contributed by atoms with van der Waals surface area (Å²) >= 11 is 4.65. The fourth-order valence-corrected chi connectivity index (χ4v) is 1.46. The van der Waals surface area contributed by atoms with E-state index in [-0.39, 0.29) is 0 Å². The van der Waals surface area contributed by atoms with Gasteiger partial charge in [-0.3, -0.25) is 9.11 Å². The van der Waals surface area contributed by atoms with Gasteiger partial charge < -0.3 is 0 Å². The maximum absolute atomic E-state index is 8.74. The predicted octanol–water partition coefficient (Wildman–Crippen LogP) is 1.46. The third kappa shape index (κ3) is 10.6. The molecule has 1 rings (SSSR count). The minimum atomic E-state index is -4.67. The topological polar surface area (TPSA) is 74.6 Å². The van der Waals surface area contributed by atoms with Crippen molar-refractivity contribution in [3.05, 3.63) is 34.3 Å². The number of hydrogen-bond acceptors (Lipinski definition) is 2. The molecule has 0 saturated carbocycles. The summed E-state index contributed by atoms with van der Waals surface area (Å²) in [6.07, 6.45) is 0. The average Bonchev–Trinajstić information content (AvgIpc) is 2.03. The van der Waals surface area contributed by atoms with Gasteiger partial charge in [-0.25, -0.2) is 0 Å². The molecule has 0 spiro atoms. The molecule has 0 atom stereocenters. The number of halogens is 1. The second-order valence-electron chi connectivity index (χ2n) is 2.43. The first kappa shape index (κ1) is 14.6. The van der Waals surface area contributed by atoms with Crippen molar-refractivity contribution < 1.29 is 17.5 Å².